The van der Waals surface area contributed by atoms with Crippen LogP contribution in [0.25, 0.3) is 6.08 Å². The molecule has 0 bridgehead atoms. The number of nitrogens with zero attached hydrogens (tertiary/aromatic N) is 1. The van der Waals surface area contributed by atoms with Gasteiger partial charge in [0.15, 0.2) is 11.5 Å². The SMILES string of the molecule is CCOc1cc(C=C2C(=O)NC(=O)N(c3cccc(C)c3)C2=O)ccc1OCCOc1ccc(C(C)CC)cc1. The highest BCUT2D eigenvalue weighted by Gasteiger charge is 2.36. The first-order chi connectivity index (χ1) is 19.3. The normalized spacial score (nSPS) is 15.2. The quantitative estimate of drug-likeness (QED) is 0.181. The van der Waals surface area contributed by atoms with Crippen LogP contribution in [0.15, 0.2) is 72.3 Å². The Kier molecular flexibility index (Phi) is 9.22. The van der Waals surface area contributed by atoms with Crippen molar-refractivity contribution in [2.75, 3.05) is 24.7 Å². The minimum absolute atomic E-state index is 0.162. The summed E-state index contributed by atoms with van der Waals surface area (Å²) in [4.78, 5) is 39.2. The van der Waals surface area contributed by atoms with E-state index < -0.39 is 17.8 Å². The van der Waals surface area contributed by atoms with E-state index in [0.29, 0.717) is 48.5 Å². The van der Waals surface area contributed by atoms with E-state index in [1.807, 2.05) is 32.0 Å². The molecule has 0 radical (unpaired) electrons. The number of amides is 4. The molecule has 4 rings (SSSR count). The van der Waals surface area contributed by atoms with Crippen molar-refractivity contribution in [3.8, 4) is 17.2 Å². The van der Waals surface area contributed by atoms with Crippen LogP contribution in [-0.4, -0.2) is 37.7 Å². The Balaban J connectivity index is 1.45. The van der Waals surface area contributed by atoms with Crippen LogP contribution in [0.1, 0.15) is 49.8 Å². The molecule has 0 aliphatic carbocycles. The Morgan fingerprint density at radius 3 is 2.33 bits per heavy atom. The van der Waals surface area contributed by atoms with Crippen molar-refractivity contribution < 1.29 is 28.6 Å². The van der Waals surface area contributed by atoms with Crippen molar-refractivity contribution in [1.82, 2.24) is 5.32 Å². The first kappa shape index (κ1) is 28.4. The zero-order chi connectivity index (χ0) is 28.6. The number of barbiturate groups is 1. The average molecular weight is 543 g/mol. The number of anilines is 1. The molecule has 1 N–H and O–H groups in total. The van der Waals surface area contributed by atoms with Crippen LogP contribution in [0.2, 0.25) is 0 Å². The van der Waals surface area contributed by atoms with Gasteiger partial charge in [0.1, 0.15) is 24.5 Å². The molecule has 1 fully saturated rings. The Bertz CT molecular complexity index is 1410. The lowest BCUT2D eigenvalue weighted by molar-refractivity contribution is -0.122. The van der Waals surface area contributed by atoms with Crippen molar-refractivity contribution in [1.29, 1.82) is 0 Å². The molecule has 1 saturated heterocycles. The van der Waals surface area contributed by atoms with Gasteiger partial charge in [-0.05, 0) is 85.4 Å². The summed E-state index contributed by atoms with van der Waals surface area (Å²) in [5, 5.41) is 2.25. The van der Waals surface area contributed by atoms with E-state index in [-0.39, 0.29) is 5.57 Å². The van der Waals surface area contributed by atoms with Gasteiger partial charge in [0.25, 0.3) is 11.8 Å². The molecule has 0 saturated carbocycles. The number of carbonyl (C=O) groups is 3. The van der Waals surface area contributed by atoms with Crippen LogP contribution in [0.5, 0.6) is 17.2 Å². The van der Waals surface area contributed by atoms with E-state index in [9.17, 15) is 14.4 Å². The first-order valence-corrected chi connectivity index (χ1v) is 13.4. The topological polar surface area (TPSA) is 94.2 Å². The maximum Gasteiger partial charge on any atom is 0.335 e. The zero-order valence-corrected chi connectivity index (χ0v) is 23.2. The molecule has 1 aliphatic rings. The highest BCUT2D eigenvalue weighted by molar-refractivity contribution is 6.39. The number of benzene rings is 3. The molecule has 208 valence electrons. The van der Waals surface area contributed by atoms with E-state index in [1.54, 1.807) is 36.4 Å². The number of ether oxygens (including phenoxy) is 3. The lowest BCUT2D eigenvalue weighted by Gasteiger charge is -2.26. The highest BCUT2D eigenvalue weighted by Crippen LogP contribution is 2.30. The maximum atomic E-state index is 13.2. The average Bonchev–Trinajstić information content (AvgIpc) is 2.94. The fourth-order valence-electron chi connectivity index (χ4n) is 4.27. The second kappa shape index (κ2) is 13.0. The van der Waals surface area contributed by atoms with Crippen molar-refractivity contribution in [2.24, 2.45) is 0 Å². The summed E-state index contributed by atoms with van der Waals surface area (Å²) < 4.78 is 17.5. The molecule has 8 nitrogen and oxygen atoms in total. The molecule has 40 heavy (non-hydrogen) atoms. The fourth-order valence-corrected chi connectivity index (χ4v) is 4.27. The molecule has 1 heterocycles. The van der Waals surface area contributed by atoms with Crippen LogP contribution in [0.4, 0.5) is 10.5 Å². The van der Waals surface area contributed by atoms with Gasteiger partial charge in [0.05, 0.1) is 12.3 Å². The van der Waals surface area contributed by atoms with Gasteiger partial charge in [-0.3, -0.25) is 14.9 Å². The van der Waals surface area contributed by atoms with Crippen LogP contribution in [-0.2, 0) is 9.59 Å². The van der Waals surface area contributed by atoms with Gasteiger partial charge < -0.3 is 14.2 Å². The van der Waals surface area contributed by atoms with Crippen molar-refractivity contribution in [3.63, 3.8) is 0 Å². The van der Waals surface area contributed by atoms with Crippen molar-refractivity contribution >= 4 is 29.6 Å². The summed E-state index contributed by atoms with van der Waals surface area (Å²) in [7, 11) is 0. The monoisotopic (exact) mass is 542 g/mol. The van der Waals surface area contributed by atoms with E-state index in [4.69, 9.17) is 14.2 Å². The van der Waals surface area contributed by atoms with Gasteiger partial charge in [0.2, 0.25) is 0 Å². The van der Waals surface area contributed by atoms with Crippen LogP contribution in [0.3, 0.4) is 0 Å². The molecular weight excluding hydrogens is 508 g/mol. The lowest BCUT2D eigenvalue weighted by atomic mass is 9.99. The number of aryl methyl sites for hydroxylation is 1. The number of hydrogen-bond acceptors (Lipinski definition) is 6. The number of carbonyl (C=O) groups excluding carboxylic acids is 3. The number of nitrogens with one attached hydrogen (secondary N) is 1. The molecule has 3 aromatic rings. The standard InChI is InChI=1S/C32H34N2O6/c1-5-22(4)24-11-13-26(14-12-24)39-16-17-40-28-15-10-23(20-29(28)38-6-2)19-27-30(35)33-32(37)34(31(27)36)25-9-7-8-21(3)18-25/h7-15,18-20,22H,5-6,16-17H2,1-4H3,(H,33,35,37). The summed E-state index contributed by atoms with van der Waals surface area (Å²) in [6, 6.07) is 19.4. The van der Waals surface area contributed by atoms with Crippen LogP contribution >= 0.6 is 0 Å². The number of rotatable bonds is 11. The minimum Gasteiger partial charge on any atom is -0.490 e. The lowest BCUT2D eigenvalue weighted by Crippen LogP contribution is -2.54. The third-order valence-electron chi connectivity index (χ3n) is 6.61. The van der Waals surface area contributed by atoms with Crippen LogP contribution < -0.4 is 24.4 Å². The largest absolute Gasteiger partial charge is 0.490 e. The Hall–Kier alpha value is -4.59. The molecule has 1 atom stereocenters. The predicted molar refractivity (Wildman–Crippen MR) is 154 cm³/mol. The van der Waals surface area contributed by atoms with Crippen molar-refractivity contribution in [2.45, 2.75) is 40.0 Å². The molecule has 1 unspecified atom stereocenters. The predicted octanol–water partition coefficient (Wildman–Crippen LogP) is 6.03. The fraction of sp³-hybridized carbons (Fsp3) is 0.281. The number of urea groups is 1. The number of hydrogen-bond donors (Lipinski definition) is 1. The number of imide groups is 2. The highest BCUT2D eigenvalue weighted by atomic mass is 16.5. The third kappa shape index (κ3) is 6.69. The van der Waals surface area contributed by atoms with E-state index in [2.05, 4.69) is 31.3 Å². The van der Waals surface area contributed by atoms with Gasteiger partial charge in [-0.2, -0.15) is 0 Å². The van der Waals surface area contributed by atoms with E-state index in [1.165, 1.54) is 11.6 Å². The molecule has 3 aromatic carbocycles. The molecule has 4 amide bonds. The van der Waals surface area contributed by atoms with Gasteiger partial charge in [-0.25, -0.2) is 9.69 Å². The summed E-state index contributed by atoms with van der Waals surface area (Å²) in [5.41, 5.74) is 2.93. The zero-order valence-electron chi connectivity index (χ0n) is 23.2. The molecule has 8 heteroatoms. The van der Waals surface area contributed by atoms with Gasteiger partial charge in [-0.15, -0.1) is 0 Å². The summed E-state index contributed by atoms with van der Waals surface area (Å²) >= 11 is 0. The first-order valence-electron chi connectivity index (χ1n) is 13.4. The summed E-state index contributed by atoms with van der Waals surface area (Å²) in [5.74, 6) is 0.795. The smallest absolute Gasteiger partial charge is 0.335 e. The van der Waals surface area contributed by atoms with Crippen LogP contribution in [0, 0.1) is 6.92 Å². The Labute approximate surface area is 234 Å². The summed E-state index contributed by atoms with van der Waals surface area (Å²) in [6.45, 7) is 9.10. The second-order valence-electron chi connectivity index (χ2n) is 9.51. The van der Waals surface area contributed by atoms with E-state index in [0.717, 1.165) is 22.6 Å². The molecule has 1 aliphatic heterocycles. The molecule has 0 aromatic heterocycles. The van der Waals surface area contributed by atoms with Gasteiger partial charge in [0, 0.05) is 0 Å². The van der Waals surface area contributed by atoms with Gasteiger partial charge >= 0.3 is 6.03 Å². The van der Waals surface area contributed by atoms with Crippen molar-refractivity contribution in [3.05, 3.63) is 89.0 Å². The Morgan fingerprint density at radius 2 is 1.62 bits per heavy atom. The third-order valence-corrected chi connectivity index (χ3v) is 6.61. The second-order valence-corrected chi connectivity index (χ2v) is 9.51. The Morgan fingerprint density at radius 1 is 0.875 bits per heavy atom. The maximum absolute atomic E-state index is 13.2. The molecule has 0 spiro atoms. The van der Waals surface area contributed by atoms with Gasteiger partial charge in [-0.1, -0.05) is 44.2 Å². The summed E-state index contributed by atoms with van der Waals surface area (Å²) in [6.07, 6.45) is 2.52. The minimum atomic E-state index is -0.787. The molecular formula is C32H34N2O6. The van der Waals surface area contributed by atoms with E-state index >= 15 is 0 Å².